The first-order valence-electron chi connectivity index (χ1n) is 6.04. The molecule has 2 rings (SSSR count). The van der Waals surface area contributed by atoms with Crippen molar-refractivity contribution < 1.29 is 9.47 Å². The van der Waals surface area contributed by atoms with Gasteiger partial charge in [-0.05, 0) is 33.4 Å². The van der Waals surface area contributed by atoms with Crippen molar-refractivity contribution in [3.05, 3.63) is 0 Å². The summed E-state index contributed by atoms with van der Waals surface area (Å²) in [5, 5.41) is 8.66. The van der Waals surface area contributed by atoms with Crippen LogP contribution in [0.1, 0.15) is 32.6 Å². The Morgan fingerprint density at radius 1 is 1.50 bits per heavy atom. The maximum atomic E-state index is 8.66. The van der Waals surface area contributed by atoms with E-state index in [2.05, 4.69) is 18.0 Å². The van der Waals surface area contributed by atoms with E-state index < -0.39 is 5.79 Å². The zero-order chi connectivity index (χ0) is 11.6. The standard InChI is InChI=1S/C12H20N2O2/c1-12(11-5-3-4-8-14(11)2)15-9-10(16-12)6-7-13/h10-11H,3-6,8-9H2,1-2H3. The molecule has 0 amide bonds. The fourth-order valence-electron chi connectivity index (χ4n) is 2.77. The van der Waals surface area contributed by atoms with Gasteiger partial charge in [-0.15, -0.1) is 0 Å². The highest BCUT2D eigenvalue weighted by atomic mass is 16.7. The lowest BCUT2D eigenvalue weighted by molar-refractivity contribution is -0.200. The van der Waals surface area contributed by atoms with Gasteiger partial charge in [-0.1, -0.05) is 6.42 Å². The van der Waals surface area contributed by atoms with Gasteiger partial charge in [-0.2, -0.15) is 5.26 Å². The fraction of sp³-hybridized carbons (Fsp3) is 0.917. The normalized spacial score (nSPS) is 40.8. The molecule has 2 aliphatic heterocycles. The van der Waals surface area contributed by atoms with Crippen molar-refractivity contribution >= 4 is 0 Å². The van der Waals surface area contributed by atoms with Gasteiger partial charge in [0.1, 0.15) is 0 Å². The molecular weight excluding hydrogens is 204 g/mol. The summed E-state index contributed by atoms with van der Waals surface area (Å²) in [4.78, 5) is 2.32. The van der Waals surface area contributed by atoms with Gasteiger partial charge in [-0.25, -0.2) is 0 Å². The summed E-state index contributed by atoms with van der Waals surface area (Å²) in [6, 6.07) is 2.47. The molecule has 0 aromatic carbocycles. The minimum absolute atomic E-state index is 0.0506. The number of hydrogen-bond donors (Lipinski definition) is 0. The summed E-state index contributed by atoms with van der Waals surface area (Å²) in [5.74, 6) is -0.517. The Kier molecular flexibility index (Phi) is 3.48. The Morgan fingerprint density at radius 2 is 2.31 bits per heavy atom. The Hall–Kier alpha value is -0.630. The van der Waals surface area contributed by atoms with Crippen molar-refractivity contribution in [2.75, 3.05) is 20.2 Å². The minimum atomic E-state index is -0.517. The van der Waals surface area contributed by atoms with Crippen LogP contribution in [0.3, 0.4) is 0 Å². The lowest BCUT2D eigenvalue weighted by atomic mass is 9.96. The molecule has 16 heavy (non-hydrogen) atoms. The minimum Gasteiger partial charge on any atom is -0.346 e. The number of likely N-dealkylation sites (tertiary alicyclic amines) is 1. The Morgan fingerprint density at radius 3 is 3.00 bits per heavy atom. The molecule has 4 nitrogen and oxygen atoms in total. The third kappa shape index (κ3) is 2.22. The van der Waals surface area contributed by atoms with E-state index in [4.69, 9.17) is 14.7 Å². The van der Waals surface area contributed by atoms with Crippen LogP contribution in [0.25, 0.3) is 0 Å². The molecule has 90 valence electrons. The molecule has 2 heterocycles. The van der Waals surface area contributed by atoms with E-state index in [0.29, 0.717) is 19.1 Å². The van der Waals surface area contributed by atoms with E-state index in [-0.39, 0.29) is 6.10 Å². The molecule has 0 aromatic rings. The zero-order valence-corrected chi connectivity index (χ0v) is 10.1. The Labute approximate surface area is 97.1 Å². The van der Waals surface area contributed by atoms with E-state index in [1.807, 2.05) is 6.92 Å². The maximum Gasteiger partial charge on any atom is 0.181 e. The number of hydrogen-bond acceptors (Lipinski definition) is 4. The topological polar surface area (TPSA) is 45.5 Å². The van der Waals surface area contributed by atoms with Gasteiger partial charge in [0.25, 0.3) is 0 Å². The molecule has 0 spiro atoms. The lowest BCUT2D eigenvalue weighted by Crippen LogP contribution is -2.52. The van der Waals surface area contributed by atoms with Crippen LogP contribution in [-0.2, 0) is 9.47 Å². The van der Waals surface area contributed by atoms with Crippen molar-refractivity contribution in [3.8, 4) is 6.07 Å². The van der Waals surface area contributed by atoms with E-state index >= 15 is 0 Å². The second-order valence-corrected chi connectivity index (χ2v) is 4.92. The van der Waals surface area contributed by atoms with Gasteiger partial charge in [0.05, 0.1) is 31.2 Å². The number of likely N-dealkylation sites (N-methyl/N-ethyl adjacent to an activating group) is 1. The van der Waals surface area contributed by atoms with E-state index in [9.17, 15) is 0 Å². The zero-order valence-electron chi connectivity index (χ0n) is 10.1. The molecule has 3 unspecified atom stereocenters. The average Bonchev–Trinajstić information content (AvgIpc) is 2.62. The molecule has 0 bridgehead atoms. The van der Waals surface area contributed by atoms with Crippen LogP contribution in [-0.4, -0.2) is 43.0 Å². The summed E-state index contributed by atoms with van der Waals surface area (Å²) in [6.45, 7) is 3.67. The molecule has 2 saturated heterocycles. The Bertz CT molecular complexity index is 289. The van der Waals surface area contributed by atoms with Crippen molar-refractivity contribution in [1.82, 2.24) is 4.90 Å². The number of rotatable bonds is 2. The summed E-state index contributed by atoms with van der Waals surface area (Å²) in [6.07, 6.45) is 3.98. The van der Waals surface area contributed by atoms with Gasteiger partial charge in [0.2, 0.25) is 0 Å². The highest BCUT2D eigenvalue weighted by Crippen LogP contribution is 2.34. The molecule has 0 aromatic heterocycles. The largest absolute Gasteiger partial charge is 0.346 e. The maximum absolute atomic E-state index is 8.66. The Balaban J connectivity index is 2.00. The predicted octanol–water partition coefficient (Wildman–Crippen LogP) is 1.52. The van der Waals surface area contributed by atoms with Crippen molar-refractivity contribution in [2.24, 2.45) is 0 Å². The van der Waals surface area contributed by atoms with Gasteiger partial charge in [-0.3, -0.25) is 4.90 Å². The third-order valence-electron chi connectivity index (χ3n) is 3.65. The summed E-state index contributed by atoms with van der Waals surface area (Å²) in [7, 11) is 2.12. The third-order valence-corrected chi connectivity index (χ3v) is 3.65. The quantitative estimate of drug-likeness (QED) is 0.713. The van der Waals surface area contributed by atoms with Crippen LogP contribution in [0.2, 0.25) is 0 Å². The van der Waals surface area contributed by atoms with Crippen molar-refractivity contribution in [1.29, 1.82) is 5.26 Å². The second kappa shape index (κ2) is 4.70. The van der Waals surface area contributed by atoms with E-state index in [1.54, 1.807) is 0 Å². The van der Waals surface area contributed by atoms with Crippen molar-refractivity contribution in [3.63, 3.8) is 0 Å². The first kappa shape index (κ1) is 11.8. The van der Waals surface area contributed by atoms with Crippen LogP contribution < -0.4 is 0 Å². The summed E-state index contributed by atoms with van der Waals surface area (Å²) < 4.78 is 11.7. The highest BCUT2D eigenvalue weighted by molar-refractivity contribution is 4.91. The van der Waals surface area contributed by atoms with Crippen LogP contribution in [0.15, 0.2) is 0 Å². The molecule has 0 saturated carbocycles. The second-order valence-electron chi connectivity index (χ2n) is 4.92. The van der Waals surface area contributed by atoms with Gasteiger partial charge in [0, 0.05) is 0 Å². The van der Waals surface area contributed by atoms with Crippen LogP contribution in [0.4, 0.5) is 0 Å². The van der Waals surface area contributed by atoms with Gasteiger partial charge < -0.3 is 9.47 Å². The molecular formula is C12H20N2O2. The first-order valence-corrected chi connectivity index (χ1v) is 6.04. The van der Waals surface area contributed by atoms with Crippen LogP contribution >= 0.6 is 0 Å². The SMILES string of the molecule is CN1CCCCC1C1(C)OCC(CC#N)O1. The molecule has 0 aliphatic carbocycles. The van der Waals surface area contributed by atoms with Crippen LogP contribution in [0.5, 0.6) is 0 Å². The van der Waals surface area contributed by atoms with Crippen LogP contribution in [0, 0.1) is 11.3 Å². The number of ether oxygens (including phenoxy) is 2. The molecule has 3 atom stereocenters. The molecule has 4 heteroatoms. The summed E-state index contributed by atoms with van der Waals surface area (Å²) >= 11 is 0. The molecule has 0 N–H and O–H groups in total. The monoisotopic (exact) mass is 224 g/mol. The van der Waals surface area contributed by atoms with Gasteiger partial charge >= 0.3 is 0 Å². The fourth-order valence-corrected chi connectivity index (χ4v) is 2.77. The van der Waals surface area contributed by atoms with Gasteiger partial charge in [0.15, 0.2) is 5.79 Å². The number of nitrogens with zero attached hydrogens (tertiary/aromatic N) is 2. The molecule has 2 aliphatic rings. The smallest absolute Gasteiger partial charge is 0.181 e. The average molecular weight is 224 g/mol. The van der Waals surface area contributed by atoms with E-state index in [1.165, 1.54) is 12.8 Å². The highest BCUT2D eigenvalue weighted by Gasteiger charge is 2.46. The number of nitriles is 1. The molecule has 0 radical (unpaired) electrons. The first-order chi connectivity index (χ1) is 7.65. The predicted molar refractivity (Wildman–Crippen MR) is 59.7 cm³/mol. The van der Waals surface area contributed by atoms with E-state index in [0.717, 1.165) is 13.0 Å². The lowest BCUT2D eigenvalue weighted by Gasteiger charge is -2.41. The van der Waals surface area contributed by atoms with Crippen molar-refractivity contribution in [2.45, 2.75) is 50.5 Å². The molecule has 2 fully saturated rings. The summed E-state index contributed by atoms with van der Waals surface area (Å²) in [5.41, 5.74) is 0. The number of piperidine rings is 1.